The number of nitrogens with zero attached hydrogens (tertiary/aromatic N) is 4. The fourth-order valence-corrected chi connectivity index (χ4v) is 4.45. The molecule has 0 bridgehead atoms. The number of aryl methyl sites for hydroxylation is 2. The molecule has 0 aliphatic rings. The summed E-state index contributed by atoms with van der Waals surface area (Å²) in [4.78, 5) is 25.7. The highest BCUT2D eigenvalue weighted by Crippen LogP contribution is 2.48. The highest BCUT2D eigenvalue weighted by molar-refractivity contribution is 6.55. The van der Waals surface area contributed by atoms with Gasteiger partial charge in [0.25, 0.3) is 11.8 Å². The average molecular weight is 607 g/mol. The monoisotopic (exact) mass is 604 g/mol. The van der Waals surface area contributed by atoms with Crippen LogP contribution in [0, 0.1) is 6.92 Å². The van der Waals surface area contributed by atoms with Gasteiger partial charge in [0.15, 0.2) is 11.5 Å². The summed E-state index contributed by atoms with van der Waals surface area (Å²) in [7, 11) is 3.33. The third-order valence-electron chi connectivity index (χ3n) is 5.30. The van der Waals surface area contributed by atoms with Crippen LogP contribution in [-0.4, -0.2) is 31.4 Å². The lowest BCUT2D eigenvalue weighted by molar-refractivity contribution is 0.0992. The van der Waals surface area contributed by atoms with Crippen molar-refractivity contribution in [3.05, 3.63) is 72.5 Å². The van der Waals surface area contributed by atoms with Gasteiger partial charge in [-0.3, -0.25) is 19.0 Å². The number of carbonyl (C=O) groups is 2. The van der Waals surface area contributed by atoms with Gasteiger partial charge in [0.05, 0.1) is 44.5 Å². The van der Waals surface area contributed by atoms with E-state index in [1.807, 2.05) is 6.92 Å². The maximum atomic E-state index is 12.9. The fraction of sp³-hybridized carbons (Fsp3) is 0.182. The molecule has 15 heteroatoms. The van der Waals surface area contributed by atoms with Gasteiger partial charge in [-0.1, -0.05) is 58.0 Å². The van der Waals surface area contributed by atoms with E-state index in [0.717, 1.165) is 5.69 Å². The Labute approximate surface area is 235 Å². The normalized spacial score (nSPS) is 11.0. The number of hydrogen-bond donors (Lipinski definition) is 2. The number of rotatable bonds is 7. The Hall–Kier alpha value is -2.89. The van der Waals surface area contributed by atoms with Crippen molar-refractivity contribution in [3.63, 3.8) is 0 Å². The third-order valence-corrected chi connectivity index (χ3v) is 7.54. The zero-order valence-electron chi connectivity index (χ0n) is 19.3. The molecule has 2 N–H and O–H groups in total. The molecule has 3 aromatic heterocycles. The highest BCUT2D eigenvalue weighted by atomic mass is 35.5. The van der Waals surface area contributed by atoms with Crippen LogP contribution in [0.25, 0.3) is 0 Å². The van der Waals surface area contributed by atoms with Gasteiger partial charge in [-0.25, -0.2) is 0 Å². The fourth-order valence-electron chi connectivity index (χ4n) is 3.22. The van der Waals surface area contributed by atoms with Crippen LogP contribution in [0.5, 0.6) is 5.75 Å². The zero-order chi connectivity index (χ0) is 27.0. The summed E-state index contributed by atoms with van der Waals surface area (Å²) in [5.74, 6) is -0.842. The zero-order valence-corrected chi connectivity index (χ0v) is 23.1. The van der Waals surface area contributed by atoms with Crippen LogP contribution in [0.3, 0.4) is 0 Å². The van der Waals surface area contributed by atoms with Gasteiger partial charge < -0.3 is 19.8 Å². The number of nitrogens with one attached hydrogen (secondary N) is 2. The summed E-state index contributed by atoms with van der Waals surface area (Å²) in [5, 5.41) is 13.5. The van der Waals surface area contributed by atoms with Gasteiger partial charge >= 0.3 is 0 Å². The van der Waals surface area contributed by atoms with Crippen molar-refractivity contribution in [2.45, 2.75) is 13.5 Å². The van der Waals surface area contributed by atoms with Crippen LogP contribution in [-0.2, 0) is 20.7 Å². The van der Waals surface area contributed by atoms with E-state index < -0.39 is 11.8 Å². The van der Waals surface area contributed by atoms with Crippen molar-refractivity contribution < 1.29 is 18.7 Å². The second kappa shape index (κ2) is 10.8. The summed E-state index contributed by atoms with van der Waals surface area (Å²) in [5.41, 5.74) is 1.61. The van der Waals surface area contributed by atoms with Gasteiger partial charge in [0.1, 0.15) is 28.1 Å². The first-order valence-electron chi connectivity index (χ1n) is 10.4. The molecule has 0 unspecified atom stereocenters. The van der Waals surface area contributed by atoms with E-state index in [9.17, 15) is 9.59 Å². The Morgan fingerprint density at radius 1 is 0.865 bits per heavy atom. The average Bonchev–Trinajstić information content (AvgIpc) is 3.57. The molecule has 3 heterocycles. The Morgan fingerprint density at radius 3 is 2.05 bits per heavy atom. The van der Waals surface area contributed by atoms with Crippen LogP contribution in [0.2, 0.25) is 25.1 Å². The number of furan rings is 1. The Balaban J connectivity index is 1.46. The largest absolute Gasteiger partial charge is 0.482 e. The van der Waals surface area contributed by atoms with E-state index in [1.54, 1.807) is 18.8 Å². The van der Waals surface area contributed by atoms with Crippen molar-refractivity contribution >= 4 is 81.2 Å². The molecule has 4 rings (SSSR count). The summed E-state index contributed by atoms with van der Waals surface area (Å²) < 4.78 is 14.1. The maximum Gasteiger partial charge on any atom is 0.291 e. The Morgan fingerprint density at radius 2 is 1.43 bits per heavy atom. The minimum Gasteiger partial charge on any atom is -0.482 e. The van der Waals surface area contributed by atoms with Crippen LogP contribution in [0.15, 0.2) is 28.9 Å². The van der Waals surface area contributed by atoms with Gasteiger partial charge in [-0.05, 0) is 19.1 Å². The third kappa shape index (κ3) is 5.39. The number of amides is 2. The predicted molar refractivity (Wildman–Crippen MR) is 142 cm³/mol. The van der Waals surface area contributed by atoms with Crippen molar-refractivity contribution in [1.29, 1.82) is 0 Å². The molecule has 0 saturated heterocycles. The topological polar surface area (TPSA) is 116 Å². The van der Waals surface area contributed by atoms with Crippen LogP contribution < -0.4 is 15.4 Å². The summed E-state index contributed by atoms with van der Waals surface area (Å²) in [6, 6.07) is 2.96. The van der Waals surface area contributed by atoms with Crippen molar-refractivity contribution in [1.82, 2.24) is 19.6 Å². The number of halogens is 5. The quantitative estimate of drug-likeness (QED) is 0.186. The molecule has 0 atom stereocenters. The minimum atomic E-state index is -0.612. The van der Waals surface area contributed by atoms with Crippen LogP contribution in [0.1, 0.15) is 32.5 Å². The first-order chi connectivity index (χ1) is 17.5. The number of hydrogen-bond acceptors (Lipinski definition) is 6. The molecule has 194 valence electrons. The summed E-state index contributed by atoms with van der Waals surface area (Å²) in [6.07, 6.45) is 2.88. The van der Waals surface area contributed by atoms with Gasteiger partial charge in [-0.15, -0.1) is 0 Å². The molecule has 4 aromatic rings. The van der Waals surface area contributed by atoms with Crippen molar-refractivity contribution in [3.8, 4) is 5.75 Å². The predicted octanol–water partition coefficient (Wildman–Crippen LogP) is 6.41. The Bertz CT molecular complexity index is 1500. The molecule has 0 aliphatic carbocycles. The molecule has 0 fully saturated rings. The van der Waals surface area contributed by atoms with E-state index in [1.165, 1.54) is 29.2 Å². The molecular weight excluding hydrogens is 590 g/mol. The van der Waals surface area contributed by atoms with E-state index in [0.29, 0.717) is 5.69 Å². The Kier molecular flexibility index (Phi) is 7.96. The van der Waals surface area contributed by atoms with E-state index in [4.69, 9.17) is 67.2 Å². The van der Waals surface area contributed by atoms with Crippen LogP contribution in [0.4, 0.5) is 11.4 Å². The molecule has 37 heavy (non-hydrogen) atoms. The van der Waals surface area contributed by atoms with Gasteiger partial charge in [0.2, 0.25) is 0 Å². The van der Waals surface area contributed by atoms with Gasteiger partial charge in [0, 0.05) is 14.1 Å². The number of benzene rings is 1. The number of carbonyl (C=O) groups excluding carboxylic acids is 2. The van der Waals surface area contributed by atoms with E-state index in [2.05, 4.69) is 20.8 Å². The standard InChI is InChI=1S/C22H17Cl5N6O4/c1-9-11(6-28-32(9)2)30-22(35)19-12(7-29-33(19)3)31-21(34)13-5-4-10(37-13)8-36-20-17(26)15(24)14(23)16(25)18(20)27/h4-7H,8H2,1-3H3,(H,30,35)(H,31,34). The molecule has 1 aromatic carbocycles. The molecular formula is C22H17Cl5N6O4. The number of aromatic nitrogens is 4. The molecule has 0 spiro atoms. The summed E-state index contributed by atoms with van der Waals surface area (Å²) >= 11 is 30.4. The van der Waals surface area contributed by atoms with Crippen molar-refractivity contribution in [2.75, 3.05) is 10.6 Å². The lowest BCUT2D eigenvalue weighted by Crippen LogP contribution is -2.20. The van der Waals surface area contributed by atoms with E-state index >= 15 is 0 Å². The smallest absolute Gasteiger partial charge is 0.291 e. The molecule has 2 amide bonds. The molecule has 0 aliphatic heterocycles. The number of anilines is 2. The first kappa shape index (κ1) is 27.2. The first-order valence-corrected chi connectivity index (χ1v) is 12.2. The highest BCUT2D eigenvalue weighted by Gasteiger charge is 2.23. The molecule has 0 radical (unpaired) electrons. The minimum absolute atomic E-state index is 0.00154. The second-order valence-corrected chi connectivity index (χ2v) is 9.55. The number of ether oxygens (including phenoxy) is 1. The van der Waals surface area contributed by atoms with Gasteiger partial charge in [-0.2, -0.15) is 10.2 Å². The maximum absolute atomic E-state index is 12.9. The molecule has 0 saturated carbocycles. The SMILES string of the molecule is Cc1c(NC(=O)c2c(NC(=O)c3ccc(COc4c(Cl)c(Cl)c(Cl)c(Cl)c4Cl)o3)cnn2C)cnn1C. The molecule has 10 nitrogen and oxygen atoms in total. The van der Waals surface area contributed by atoms with E-state index in [-0.39, 0.29) is 60.4 Å². The lowest BCUT2D eigenvalue weighted by Gasteiger charge is -2.12. The summed E-state index contributed by atoms with van der Waals surface area (Å²) in [6.45, 7) is 1.66. The second-order valence-electron chi connectivity index (χ2n) is 7.66. The van der Waals surface area contributed by atoms with Crippen molar-refractivity contribution in [2.24, 2.45) is 14.1 Å². The van der Waals surface area contributed by atoms with Crippen LogP contribution >= 0.6 is 58.0 Å². The lowest BCUT2D eigenvalue weighted by atomic mass is 10.3.